The highest BCUT2D eigenvalue weighted by atomic mass is 32.1. The number of nitrogens with zero attached hydrogens (tertiary/aromatic N) is 5. The number of rotatable bonds is 5. The van der Waals surface area contributed by atoms with E-state index in [1.807, 2.05) is 16.4 Å². The molecular formula is C18H21N5S. The Kier molecular flexibility index (Phi) is 4.40. The van der Waals surface area contributed by atoms with Gasteiger partial charge >= 0.3 is 0 Å². The van der Waals surface area contributed by atoms with Crippen molar-refractivity contribution in [3.63, 3.8) is 0 Å². The third-order valence-electron chi connectivity index (χ3n) is 4.65. The van der Waals surface area contributed by atoms with Gasteiger partial charge in [-0.1, -0.05) is 29.5 Å². The lowest BCUT2D eigenvalue weighted by Crippen LogP contribution is -2.21. The molecule has 2 aromatic heterocycles. The van der Waals surface area contributed by atoms with Gasteiger partial charge in [-0.2, -0.15) is 0 Å². The molecule has 1 saturated heterocycles. The maximum absolute atomic E-state index is 4.34. The Morgan fingerprint density at radius 2 is 2.12 bits per heavy atom. The molecular weight excluding hydrogens is 318 g/mol. The second-order valence-corrected chi connectivity index (χ2v) is 7.33. The normalized spacial score (nSPS) is 18.3. The van der Waals surface area contributed by atoms with Crippen LogP contribution in [0.5, 0.6) is 0 Å². The predicted molar refractivity (Wildman–Crippen MR) is 95.7 cm³/mol. The maximum Gasteiger partial charge on any atom is 0.0801 e. The average molecular weight is 339 g/mol. The van der Waals surface area contributed by atoms with Gasteiger partial charge in [0.05, 0.1) is 22.3 Å². The lowest BCUT2D eigenvalue weighted by molar-refractivity contribution is 0.305. The highest BCUT2D eigenvalue weighted by molar-refractivity contribution is 7.13. The summed E-state index contributed by atoms with van der Waals surface area (Å²) in [4.78, 5) is 8.15. The molecule has 4 rings (SSSR count). The smallest absolute Gasteiger partial charge is 0.0801 e. The summed E-state index contributed by atoms with van der Waals surface area (Å²) < 4.78 is 1.94. The van der Waals surface area contributed by atoms with E-state index >= 15 is 0 Å². The first-order chi connectivity index (χ1) is 11.8. The van der Waals surface area contributed by atoms with Crippen LogP contribution < -0.4 is 0 Å². The molecule has 0 N–H and O–H groups in total. The molecule has 1 aromatic carbocycles. The minimum absolute atomic E-state index is 0.672. The lowest BCUT2D eigenvalue weighted by Gasteiger charge is -2.16. The first kappa shape index (κ1) is 15.5. The number of likely N-dealkylation sites (tertiary alicyclic amines) is 1. The summed E-state index contributed by atoms with van der Waals surface area (Å²) >= 11 is 1.71. The lowest BCUT2D eigenvalue weighted by atomic mass is 10.1. The topological polar surface area (TPSA) is 46.8 Å². The summed E-state index contributed by atoms with van der Waals surface area (Å²) in [5, 5.41) is 7.96. The summed E-state index contributed by atoms with van der Waals surface area (Å²) in [6.07, 6.45) is 4.93. The van der Waals surface area contributed by atoms with Crippen molar-refractivity contribution in [1.82, 2.24) is 24.9 Å². The molecule has 1 unspecified atom stereocenters. The van der Waals surface area contributed by atoms with Crippen LogP contribution in [-0.2, 0) is 13.1 Å². The SMILES string of the molecule is Cc1ncsc1-c1ccc(CN2CCC(Cn3ccnn3)C2)cc1. The number of aryl methyl sites for hydroxylation is 1. The zero-order chi connectivity index (χ0) is 16.4. The zero-order valence-corrected chi connectivity index (χ0v) is 14.6. The molecule has 1 atom stereocenters. The van der Waals surface area contributed by atoms with Gasteiger partial charge in [0.25, 0.3) is 0 Å². The summed E-state index contributed by atoms with van der Waals surface area (Å²) in [6, 6.07) is 8.94. The quantitative estimate of drug-likeness (QED) is 0.716. The van der Waals surface area contributed by atoms with E-state index in [0.29, 0.717) is 5.92 Å². The largest absolute Gasteiger partial charge is 0.299 e. The number of hydrogen-bond acceptors (Lipinski definition) is 5. The van der Waals surface area contributed by atoms with E-state index in [-0.39, 0.29) is 0 Å². The Bertz CT molecular complexity index is 778. The van der Waals surface area contributed by atoms with Gasteiger partial charge in [0.2, 0.25) is 0 Å². The van der Waals surface area contributed by atoms with Crippen molar-refractivity contribution in [1.29, 1.82) is 0 Å². The second-order valence-electron chi connectivity index (χ2n) is 6.48. The van der Waals surface area contributed by atoms with Crippen molar-refractivity contribution in [3.05, 3.63) is 53.4 Å². The Hall–Kier alpha value is -2.05. The van der Waals surface area contributed by atoms with Gasteiger partial charge in [0.1, 0.15) is 0 Å². The van der Waals surface area contributed by atoms with Crippen LogP contribution in [0.3, 0.4) is 0 Å². The molecule has 1 aliphatic rings. The highest BCUT2D eigenvalue weighted by Gasteiger charge is 2.23. The van der Waals surface area contributed by atoms with E-state index in [1.165, 1.54) is 22.4 Å². The van der Waals surface area contributed by atoms with Gasteiger partial charge in [0.15, 0.2) is 0 Å². The minimum atomic E-state index is 0.672. The van der Waals surface area contributed by atoms with Crippen molar-refractivity contribution in [2.75, 3.05) is 13.1 Å². The molecule has 0 bridgehead atoms. The van der Waals surface area contributed by atoms with E-state index in [0.717, 1.165) is 31.9 Å². The fraction of sp³-hybridized carbons (Fsp3) is 0.389. The van der Waals surface area contributed by atoms with Gasteiger partial charge < -0.3 is 0 Å². The maximum atomic E-state index is 4.34. The standard InChI is InChI=1S/C18H21N5S/c1-14-18(24-13-19-14)17-4-2-15(3-5-17)10-22-8-6-16(11-22)12-23-9-7-20-21-23/h2-5,7,9,13,16H,6,8,10-12H2,1H3. The molecule has 1 aliphatic heterocycles. The van der Waals surface area contributed by atoms with Crippen molar-refractivity contribution in [2.24, 2.45) is 5.92 Å². The van der Waals surface area contributed by atoms with E-state index < -0.39 is 0 Å². The van der Waals surface area contributed by atoms with Crippen molar-refractivity contribution in [3.8, 4) is 10.4 Å². The first-order valence-electron chi connectivity index (χ1n) is 8.34. The summed E-state index contributed by atoms with van der Waals surface area (Å²) in [5.74, 6) is 0.672. The van der Waals surface area contributed by atoms with Crippen LogP contribution in [0.25, 0.3) is 10.4 Å². The van der Waals surface area contributed by atoms with Crippen LogP contribution in [0, 0.1) is 12.8 Å². The average Bonchev–Trinajstić information content (AvgIpc) is 3.32. The van der Waals surface area contributed by atoms with Crippen LogP contribution in [0.1, 0.15) is 17.7 Å². The number of hydrogen-bond donors (Lipinski definition) is 0. The van der Waals surface area contributed by atoms with Gasteiger partial charge in [-0.3, -0.25) is 9.58 Å². The Morgan fingerprint density at radius 1 is 1.25 bits per heavy atom. The van der Waals surface area contributed by atoms with Crippen molar-refractivity contribution < 1.29 is 0 Å². The molecule has 3 heterocycles. The van der Waals surface area contributed by atoms with Crippen LogP contribution >= 0.6 is 11.3 Å². The minimum Gasteiger partial charge on any atom is -0.299 e. The summed E-state index contributed by atoms with van der Waals surface area (Å²) in [7, 11) is 0. The van der Waals surface area contributed by atoms with Crippen molar-refractivity contribution >= 4 is 11.3 Å². The molecule has 0 saturated carbocycles. The summed E-state index contributed by atoms with van der Waals surface area (Å²) in [6.45, 7) is 6.36. The molecule has 1 fully saturated rings. The number of thiazole rings is 1. The third kappa shape index (κ3) is 3.39. The van der Waals surface area contributed by atoms with Gasteiger partial charge in [0, 0.05) is 25.8 Å². The third-order valence-corrected chi connectivity index (χ3v) is 5.63. The Labute approximate surface area is 146 Å². The molecule has 124 valence electrons. The Balaban J connectivity index is 1.35. The molecule has 6 heteroatoms. The number of benzene rings is 1. The van der Waals surface area contributed by atoms with Crippen LogP contribution in [-0.4, -0.2) is 38.0 Å². The molecule has 0 spiro atoms. The van der Waals surface area contributed by atoms with Gasteiger partial charge in [-0.15, -0.1) is 16.4 Å². The molecule has 0 radical (unpaired) electrons. The first-order valence-corrected chi connectivity index (χ1v) is 9.22. The molecule has 0 aliphatic carbocycles. The highest BCUT2D eigenvalue weighted by Crippen LogP contribution is 2.28. The van der Waals surface area contributed by atoms with Crippen LogP contribution in [0.15, 0.2) is 42.2 Å². The fourth-order valence-electron chi connectivity index (χ4n) is 3.40. The number of aromatic nitrogens is 4. The monoisotopic (exact) mass is 339 g/mol. The predicted octanol–water partition coefficient (Wildman–Crippen LogP) is 3.23. The van der Waals surface area contributed by atoms with E-state index in [1.54, 1.807) is 17.5 Å². The second kappa shape index (κ2) is 6.83. The van der Waals surface area contributed by atoms with Crippen LogP contribution in [0.2, 0.25) is 0 Å². The zero-order valence-electron chi connectivity index (χ0n) is 13.8. The van der Waals surface area contributed by atoms with Gasteiger partial charge in [-0.25, -0.2) is 4.98 Å². The molecule has 24 heavy (non-hydrogen) atoms. The molecule has 0 amide bonds. The van der Waals surface area contributed by atoms with Crippen molar-refractivity contribution in [2.45, 2.75) is 26.4 Å². The fourth-order valence-corrected chi connectivity index (χ4v) is 4.21. The summed E-state index contributed by atoms with van der Waals surface area (Å²) in [5.41, 5.74) is 5.67. The van der Waals surface area contributed by atoms with Gasteiger partial charge in [-0.05, 0) is 36.9 Å². The molecule has 5 nitrogen and oxygen atoms in total. The van der Waals surface area contributed by atoms with Crippen LogP contribution in [0.4, 0.5) is 0 Å². The van der Waals surface area contributed by atoms with E-state index in [9.17, 15) is 0 Å². The van der Waals surface area contributed by atoms with E-state index in [4.69, 9.17) is 0 Å². The Morgan fingerprint density at radius 3 is 2.83 bits per heavy atom. The molecule has 3 aromatic rings. The van der Waals surface area contributed by atoms with E-state index in [2.05, 4.69) is 51.4 Å².